The zero-order valence-electron chi connectivity index (χ0n) is 62.2. The zero-order valence-corrected chi connectivity index (χ0v) is 64.0. The van der Waals surface area contributed by atoms with E-state index in [1.807, 2.05) is 18.2 Å². The molecule has 0 aliphatic heterocycles. The van der Waals surface area contributed by atoms with E-state index >= 15 is 0 Å². The van der Waals surface area contributed by atoms with Crippen molar-refractivity contribution in [1.29, 1.82) is 0 Å². The van der Waals surface area contributed by atoms with Crippen molar-refractivity contribution in [3.05, 3.63) is 72.9 Å². The van der Waals surface area contributed by atoms with Crippen molar-refractivity contribution in [2.24, 2.45) is 0 Å². The van der Waals surface area contributed by atoms with Crippen molar-refractivity contribution in [1.82, 2.24) is 0 Å². The van der Waals surface area contributed by atoms with Gasteiger partial charge in [0.05, 0.1) is 32.8 Å². The van der Waals surface area contributed by atoms with Crippen molar-refractivity contribution in [2.45, 2.75) is 367 Å². The van der Waals surface area contributed by atoms with E-state index in [9.17, 15) is 43.2 Å². The summed E-state index contributed by atoms with van der Waals surface area (Å²) in [5, 5.41) is 10.6. The van der Waals surface area contributed by atoms with Crippen LogP contribution in [0.1, 0.15) is 349 Å². The largest absolute Gasteiger partial charge is 0.472 e. The monoisotopic (exact) mass is 1420 g/mol. The maximum atomic E-state index is 13.1. The number of rotatable bonds is 74. The summed E-state index contributed by atoms with van der Waals surface area (Å²) >= 11 is 0. The molecule has 17 nitrogen and oxygen atoms in total. The second-order valence-corrected chi connectivity index (χ2v) is 29.2. The lowest BCUT2D eigenvalue weighted by molar-refractivity contribution is -0.161. The fourth-order valence-corrected chi connectivity index (χ4v) is 12.3. The molecule has 0 aliphatic rings. The van der Waals surface area contributed by atoms with E-state index in [0.29, 0.717) is 25.7 Å². The minimum Gasteiger partial charge on any atom is -0.462 e. The van der Waals surface area contributed by atoms with Gasteiger partial charge in [-0.2, -0.15) is 0 Å². The van der Waals surface area contributed by atoms with E-state index in [2.05, 4.69) is 76.3 Å². The molecule has 3 N–H and O–H groups in total. The van der Waals surface area contributed by atoms with E-state index in [0.717, 1.165) is 109 Å². The summed E-state index contributed by atoms with van der Waals surface area (Å²) in [6.07, 6.45) is 72.0. The molecule has 19 heteroatoms. The van der Waals surface area contributed by atoms with Gasteiger partial charge in [0.25, 0.3) is 0 Å². The molecule has 0 aromatic heterocycles. The molecule has 0 saturated carbocycles. The van der Waals surface area contributed by atoms with Gasteiger partial charge >= 0.3 is 39.5 Å². The van der Waals surface area contributed by atoms with Crippen LogP contribution >= 0.6 is 15.6 Å². The standard InChI is InChI=1S/C79H142O17P2/c1-5-9-13-17-21-25-29-33-36-40-43-47-51-55-59-63-76(81)89-69-74(95-78(83)65-61-57-53-49-45-39-32-28-24-20-16-12-8-4)71-93-97(85,86)91-67-73(80)68-92-98(87,88)94-72-75(96-79(84)66-62-58-54-50-46-42-38-35-31-27-23-19-15-11-7-3)70-90-77(82)64-60-56-52-48-44-41-37-34-30-26-22-18-14-10-6-2/h10,14,22,26,28,32,34,37,44,48,56,60,73-75,80H,5-9,11-13,15-21,23-25,27,29-31,33,35-36,38-43,45-47,49-55,57-59,61-72H2,1-4H3,(H,85,86)(H,87,88)/b14-10-,26-22-,32-28-,37-34-,48-44-,60-56-. The summed E-state index contributed by atoms with van der Waals surface area (Å²) in [6, 6.07) is 0. The molecule has 0 aliphatic carbocycles. The summed E-state index contributed by atoms with van der Waals surface area (Å²) < 4.78 is 68.4. The minimum atomic E-state index is -4.99. The summed E-state index contributed by atoms with van der Waals surface area (Å²) in [7, 11) is -9.96. The van der Waals surface area contributed by atoms with Gasteiger partial charge in [-0.15, -0.1) is 0 Å². The first-order valence-electron chi connectivity index (χ1n) is 39.2. The number of unbranched alkanes of at least 4 members (excludes halogenated alkanes) is 37. The molecule has 0 amide bonds. The zero-order chi connectivity index (χ0) is 71.8. The van der Waals surface area contributed by atoms with Crippen LogP contribution in [0.5, 0.6) is 0 Å². The highest BCUT2D eigenvalue weighted by atomic mass is 31.2. The average Bonchev–Trinajstić information content (AvgIpc) is 1.04. The summed E-state index contributed by atoms with van der Waals surface area (Å²) in [4.78, 5) is 72.8. The van der Waals surface area contributed by atoms with Crippen molar-refractivity contribution in [3.8, 4) is 0 Å². The summed E-state index contributed by atoms with van der Waals surface area (Å²) in [6.45, 7) is 4.69. The number of carbonyl (C=O) groups excluding carboxylic acids is 4. The first kappa shape index (κ1) is 94.5. The topological polar surface area (TPSA) is 237 Å². The van der Waals surface area contributed by atoms with E-state index < -0.39 is 97.5 Å². The third-order valence-electron chi connectivity index (χ3n) is 16.7. The Morgan fingerprint density at radius 1 is 0.306 bits per heavy atom. The number of phosphoric acid groups is 2. The predicted molar refractivity (Wildman–Crippen MR) is 400 cm³/mol. The van der Waals surface area contributed by atoms with Crippen molar-refractivity contribution in [3.63, 3.8) is 0 Å². The number of hydrogen-bond donors (Lipinski definition) is 3. The molecule has 0 heterocycles. The number of phosphoric ester groups is 2. The van der Waals surface area contributed by atoms with Gasteiger partial charge in [0, 0.05) is 19.3 Å². The first-order chi connectivity index (χ1) is 47.7. The van der Waals surface area contributed by atoms with Gasteiger partial charge < -0.3 is 33.8 Å². The molecule has 5 atom stereocenters. The molecule has 0 bridgehead atoms. The lowest BCUT2D eigenvalue weighted by Crippen LogP contribution is -2.30. The number of hydrogen-bond acceptors (Lipinski definition) is 15. The Labute approximate surface area is 596 Å². The quantitative estimate of drug-likeness (QED) is 0.0169. The molecule has 0 saturated heterocycles. The van der Waals surface area contributed by atoms with Gasteiger partial charge in [0.1, 0.15) is 19.3 Å². The Hall–Kier alpha value is -3.50. The molecule has 0 fully saturated rings. The van der Waals surface area contributed by atoms with Crippen molar-refractivity contribution in [2.75, 3.05) is 39.6 Å². The van der Waals surface area contributed by atoms with E-state index in [-0.39, 0.29) is 25.7 Å². The van der Waals surface area contributed by atoms with Gasteiger partial charge in [-0.1, -0.05) is 319 Å². The maximum absolute atomic E-state index is 13.1. The number of esters is 4. The molecule has 0 rings (SSSR count). The SMILES string of the molecule is CC/C=C\C/C=C\C/C=C\C/C=C\C/C=C\CC(=O)OCC(COP(=O)(O)OCC(O)COP(=O)(O)OCC(COC(=O)CCCCCCCCCCCCCCCCC)OC(=O)CCCCCCC/C=C\CCCCCC)OC(=O)CCCCCCCCCCCCCCCCC. The number of allylic oxidation sites excluding steroid dienone is 11. The van der Waals surface area contributed by atoms with Gasteiger partial charge in [0.2, 0.25) is 0 Å². The molecular weight excluding hydrogens is 1280 g/mol. The molecule has 0 radical (unpaired) electrons. The molecular formula is C79H142O17P2. The van der Waals surface area contributed by atoms with Crippen LogP contribution in [0, 0.1) is 0 Å². The lowest BCUT2D eigenvalue weighted by Gasteiger charge is -2.21. The molecule has 0 aromatic rings. The van der Waals surface area contributed by atoms with Crippen molar-refractivity contribution >= 4 is 39.5 Å². The second-order valence-electron chi connectivity index (χ2n) is 26.3. The third-order valence-corrected chi connectivity index (χ3v) is 18.6. The normalized spacial score (nSPS) is 14.3. The fraction of sp³-hybridized carbons (Fsp3) is 0.797. The number of carbonyl (C=O) groups is 4. The van der Waals surface area contributed by atoms with Crippen LogP contribution < -0.4 is 0 Å². The Morgan fingerprint density at radius 2 is 0.571 bits per heavy atom. The van der Waals surface area contributed by atoms with Crippen LogP contribution in [0.4, 0.5) is 0 Å². The van der Waals surface area contributed by atoms with E-state index in [1.165, 1.54) is 161 Å². The van der Waals surface area contributed by atoms with E-state index in [1.54, 1.807) is 6.08 Å². The average molecular weight is 1430 g/mol. The first-order valence-corrected chi connectivity index (χ1v) is 42.2. The maximum Gasteiger partial charge on any atom is 0.472 e. The Balaban J connectivity index is 5.37. The van der Waals surface area contributed by atoms with Crippen LogP contribution in [0.25, 0.3) is 0 Å². The van der Waals surface area contributed by atoms with Gasteiger partial charge in [0.15, 0.2) is 12.2 Å². The Kier molecular flexibility index (Phi) is 69.3. The summed E-state index contributed by atoms with van der Waals surface area (Å²) in [5.41, 5.74) is 0. The predicted octanol–water partition coefficient (Wildman–Crippen LogP) is 22.4. The van der Waals surface area contributed by atoms with Crippen LogP contribution in [0.2, 0.25) is 0 Å². The van der Waals surface area contributed by atoms with Crippen LogP contribution in [0.3, 0.4) is 0 Å². The number of ether oxygens (including phenoxy) is 4. The Bertz CT molecular complexity index is 2140. The minimum absolute atomic E-state index is 0.0666. The van der Waals surface area contributed by atoms with Gasteiger partial charge in [-0.05, 0) is 77.0 Å². The molecule has 0 aromatic carbocycles. The highest BCUT2D eigenvalue weighted by molar-refractivity contribution is 7.47. The number of aliphatic hydroxyl groups excluding tert-OH is 1. The molecule has 570 valence electrons. The highest BCUT2D eigenvalue weighted by Crippen LogP contribution is 2.45. The van der Waals surface area contributed by atoms with E-state index in [4.69, 9.17) is 37.0 Å². The molecule has 0 spiro atoms. The van der Waals surface area contributed by atoms with Gasteiger partial charge in [-0.3, -0.25) is 37.3 Å². The van der Waals surface area contributed by atoms with Gasteiger partial charge in [-0.25, -0.2) is 9.13 Å². The smallest absolute Gasteiger partial charge is 0.462 e. The second kappa shape index (κ2) is 71.9. The fourth-order valence-electron chi connectivity index (χ4n) is 10.8. The highest BCUT2D eigenvalue weighted by Gasteiger charge is 2.30. The lowest BCUT2D eigenvalue weighted by atomic mass is 10.0. The van der Waals surface area contributed by atoms with Crippen LogP contribution in [-0.4, -0.2) is 96.7 Å². The molecule has 5 unspecified atom stereocenters. The number of aliphatic hydroxyl groups is 1. The van der Waals surface area contributed by atoms with Crippen LogP contribution in [0.15, 0.2) is 72.9 Å². The summed E-state index contributed by atoms with van der Waals surface area (Å²) in [5.74, 6) is -2.30. The van der Waals surface area contributed by atoms with Crippen LogP contribution in [-0.2, 0) is 65.4 Å². The third kappa shape index (κ3) is 70.9. The van der Waals surface area contributed by atoms with Crippen molar-refractivity contribution < 1.29 is 80.2 Å². The Morgan fingerprint density at radius 3 is 0.908 bits per heavy atom. The molecule has 98 heavy (non-hydrogen) atoms.